The van der Waals surface area contributed by atoms with Crippen LogP contribution in [0.4, 0.5) is 25.3 Å². The monoisotopic (exact) mass is 540 g/mol. The first kappa shape index (κ1) is 25.3. The van der Waals surface area contributed by atoms with E-state index in [0.29, 0.717) is 28.0 Å². The summed E-state index contributed by atoms with van der Waals surface area (Å²) in [5.41, 5.74) is 0.793. The number of aromatic nitrogens is 4. The van der Waals surface area contributed by atoms with Crippen LogP contribution in [0.25, 0.3) is 11.0 Å². The molecule has 2 heterocycles. The van der Waals surface area contributed by atoms with E-state index in [1.807, 2.05) is 6.92 Å². The molecule has 182 valence electrons. The van der Waals surface area contributed by atoms with Crippen LogP contribution in [0.3, 0.4) is 0 Å². The topological polar surface area (TPSA) is 120 Å². The summed E-state index contributed by atoms with van der Waals surface area (Å²) in [7, 11) is 2.40. The van der Waals surface area contributed by atoms with Gasteiger partial charge in [0.15, 0.2) is 10.4 Å². The molecule has 34 heavy (non-hydrogen) atoms. The van der Waals surface area contributed by atoms with Gasteiger partial charge in [0, 0.05) is 12.1 Å². The van der Waals surface area contributed by atoms with Gasteiger partial charge in [0.2, 0.25) is 5.95 Å². The normalized spacial score (nSPS) is 11.0. The number of amides is 1. The Morgan fingerprint density at radius 3 is 2.62 bits per heavy atom. The van der Waals surface area contributed by atoms with Crippen LogP contribution in [0.1, 0.15) is 47.7 Å². The molecule has 0 aliphatic rings. The lowest BCUT2D eigenvalue weighted by Crippen LogP contribution is -2.15. The second-order valence-electron chi connectivity index (χ2n) is 7.14. The number of unbranched alkanes of at least 4 members (excludes halogenated alkanes) is 1. The van der Waals surface area contributed by atoms with Crippen LogP contribution >= 0.6 is 15.9 Å². The highest BCUT2D eigenvalue weighted by Crippen LogP contribution is 2.31. The van der Waals surface area contributed by atoms with E-state index in [-0.39, 0.29) is 29.2 Å². The molecule has 1 aromatic carbocycles. The summed E-state index contributed by atoms with van der Waals surface area (Å²) in [6.45, 7) is 2.57. The number of carbonyl (C=O) groups excluding carboxylic acids is 2. The Kier molecular flexibility index (Phi) is 8.31. The SMILES string of the molecule is CCCCNc1nc(NC(=O)OC)nc2c(Br)nn(Cc3ccc(C(=O)OC)cc3C(F)F)c12. The number of nitrogens with one attached hydrogen (secondary N) is 2. The third kappa shape index (κ3) is 5.58. The summed E-state index contributed by atoms with van der Waals surface area (Å²) in [5.74, 6) is -0.343. The van der Waals surface area contributed by atoms with Crippen LogP contribution in [0.15, 0.2) is 22.8 Å². The van der Waals surface area contributed by atoms with Gasteiger partial charge < -0.3 is 14.8 Å². The maximum atomic E-state index is 13.8. The lowest BCUT2D eigenvalue weighted by molar-refractivity contribution is 0.0600. The van der Waals surface area contributed by atoms with Gasteiger partial charge in [-0.2, -0.15) is 10.1 Å². The van der Waals surface area contributed by atoms with Crippen molar-refractivity contribution in [2.45, 2.75) is 32.7 Å². The van der Waals surface area contributed by atoms with E-state index in [4.69, 9.17) is 0 Å². The van der Waals surface area contributed by atoms with Crippen LogP contribution in [-0.2, 0) is 16.0 Å². The van der Waals surface area contributed by atoms with E-state index in [1.54, 1.807) is 0 Å². The van der Waals surface area contributed by atoms with Crippen molar-refractivity contribution in [3.05, 3.63) is 39.5 Å². The van der Waals surface area contributed by atoms with Gasteiger partial charge in [-0.05, 0) is 40.0 Å². The average molecular weight is 541 g/mol. The molecule has 0 atom stereocenters. The first-order valence-corrected chi connectivity index (χ1v) is 11.1. The van der Waals surface area contributed by atoms with Crippen molar-refractivity contribution in [1.29, 1.82) is 0 Å². The van der Waals surface area contributed by atoms with Crippen LogP contribution in [0.5, 0.6) is 0 Å². The Balaban J connectivity index is 2.09. The highest BCUT2D eigenvalue weighted by atomic mass is 79.9. The maximum Gasteiger partial charge on any atom is 0.413 e. The van der Waals surface area contributed by atoms with E-state index in [9.17, 15) is 18.4 Å². The van der Waals surface area contributed by atoms with Crippen molar-refractivity contribution in [3.63, 3.8) is 0 Å². The number of nitrogens with zero attached hydrogens (tertiary/aromatic N) is 4. The van der Waals surface area contributed by atoms with Crippen LogP contribution in [0.2, 0.25) is 0 Å². The first-order valence-electron chi connectivity index (χ1n) is 10.3. The molecule has 0 spiro atoms. The molecule has 0 saturated heterocycles. The molecule has 2 N–H and O–H groups in total. The van der Waals surface area contributed by atoms with E-state index < -0.39 is 18.5 Å². The fourth-order valence-corrected chi connectivity index (χ4v) is 3.68. The molecule has 2 aromatic heterocycles. The predicted octanol–water partition coefficient (Wildman–Crippen LogP) is 4.75. The second-order valence-corrected chi connectivity index (χ2v) is 7.90. The van der Waals surface area contributed by atoms with E-state index >= 15 is 0 Å². The van der Waals surface area contributed by atoms with E-state index in [0.717, 1.165) is 18.9 Å². The Hall–Kier alpha value is -3.35. The highest BCUT2D eigenvalue weighted by Gasteiger charge is 2.22. The molecule has 10 nitrogen and oxygen atoms in total. The summed E-state index contributed by atoms with van der Waals surface area (Å²) >= 11 is 3.35. The minimum atomic E-state index is -2.82. The molecule has 0 saturated carbocycles. The third-order valence-electron chi connectivity index (χ3n) is 4.89. The predicted molar refractivity (Wildman–Crippen MR) is 124 cm³/mol. The molecular weight excluding hydrogens is 518 g/mol. The largest absolute Gasteiger partial charge is 0.465 e. The zero-order valence-electron chi connectivity index (χ0n) is 18.7. The summed E-state index contributed by atoms with van der Waals surface area (Å²) in [4.78, 5) is 32.1. The van der Waals surface area contributed by atoms with Crippen molar-refractivity contribution in [2.24, 2.45) is 0 Å². The van der Waals surface area contributed by atoms with Gasteiger partial charge >= 0.3 is 12.1 Å². The third-order valence-corrected chi connectivity index (χ3v) is 5.42. The standard InChI is InChI=1S/C21H23BrF2N6O4/c1-4-5-8-25-18-15-14(26-20(27-18)28-21(32)34-3)16(22)29-30(15)10-12-7-6-11(19(31)33-2)9-13(12)17(23)24/h6-7,9,17H,4-5,8,10H2,1-3H3,(H2,25,26,27,28,32). The molecule has 0 unspecified atom stereocenters. The number of ether oxygens (including phenoxy) is 2. The second kappa shape index (κ2) is 11.2. The van der Waals surface area contributed by atoms with Crippen LogP contribution in [-0.4, -0.2) is 52.6 Å². The smallest absolute Gasteiger partial charge is 0.413 e. The quantitative estimate of drug-likeness (QED) is 0.294. The number of alkyl halides is 2. The minimum Gasteiger partial charge on any atom is -0.465 e. The first-order chi connectivity index (χ1) is 16.3. The molecule has 0 bridgehead atoms. The average Bonchev–Trinajstić information content (AvgIpc) is 3.13. The van der Waals surface area contributed by atoms with Gasteiger partial charge in [0.05, 0.1) is 26.3 Å². The number of halogens is 3. The lowest BCUT2D eigenvalue weighted by Gasteiger charge is -2.13. The fourth-order valence-electron chi connectivity index (χ4n) is 3.21. The number of carbonyl (C=O) groups is 2. The Morgan fingerprint density at radius 2 is 1.97 bits per heavy atom. The zero-order chi connectivity index (χ0) is 24.8. The molecule has 3 aromatic rings. The molecule has 0 aliphatic heterocycles. The Morgan fingerprint density at radius 1 is 1.21 bits per heavy atom. The van der Waals surface area contributed by atoms with E-state index in [1.165, 1.54) is 31.0 Å². The van der Waals surface area contributed by atoms with Crippen molar-refractivity contribution in [2.75, 3.05) is 31.4 Å². The minimum absolute atomic E-state index is 0.00528. The number of methoxy groups -OCH3 is 2. The number of esters is 1. The molecular formula is C21H23BrF2N6O4. The van der Waals surface area contributed by atoms with Gasteiger partial charge in [0.1, 0.15) is 11.0 Å². The number of hydrogen-bond acceptors (Lipinski definition) is 8. The zero-order valence-corrected chi connectivity index (χ0v) is 20.3. The van der Waals surface area contributed by atoms with Crippen molar-refractivity contribution < 1.29 is 27.8 Å². The maximum absolute atomic E-state index is 13.8. The summed E-state index contributed by atoms with van der Waals surface area (Å²) in [6, 6.07) is 3.97. The van der Waals surface area contributed by atoms with E-state index in [2.05, 4.69) is 51.1 Å². The Labute approximate surface area is 202 Å². The number of rotatable bonds is 9. The molecule has 0 fully saturated rings. The molecule has 0 aliphatic carbocycles. The number of fused-ring (bicyclic) bond motifs is 1. The van der Waals surface area contributed by atoms with Gasteiger partial charge in [-0.25, -0.2) is 23.4 Å². The Bertz CT molecular complexity index is 1200. The van der Waals surface area contributed by atoms with Gasteiger partial charge in [-0.15, -0.1) is 0 Å². The molecule has 1 amide bonds. The fraction of sp³-hybridized carbons (Fsp3) is 0.381. The van der Waals surface area contributed by atoms with Crippen molar-refractivity contribution in [3.8, 4) is 0 Å². The molecule has 13 heteroatoms. The van der Waals surface area contributed by atoms with Gasteiger partial charge in [0.25, 0.3) is 6.43 Å². The highest BCUT2D eigenvalue weighted by molar-refractivity contribution is 9.10. The van der Waals surface area contributed by atoms with Gasteiger partial charge in [-0.1, -0.05) is 19.4 Å². The number of hydrogen-bond donors (Lipinski definition) is 2. The van der Waals surface area contributed by atoms with Crippen LogP contribution < -0.4 is 10.6 Å². The van der Waals surface area contributed by atoms with Gasteiger partial charge in [-0.3, -0.25) is 10.00 Å². The summed E-state index contributed by atoms with van der Waals surface area (Å²) in [6.07, 6.45) is -1.78. The number of benzene rings is 1. The summed E-state index contributed by atoms with van der Waals surface area (Å²) in [5, 5.41) is 10.0. The summed E-state index contributed by atoms with van der Waals surface area (Å²) < 4.78 is 38.7. The van der Waals surface area contributed by atoms with Crippen molar-refractivity contribution >= 4 is 50.8 Å². The number of anilines is 2. The van der Waals surface area contributed by atoms with Crippen molar-refractivity contribution in [1.82, 2.24) is 19.7 Å². The molecule has 0 radical (unpaired) electrons. The lowest BCUT2D eigenvalue weighted by atomic mass is 10.0. The molecule has 3 rings (SSSR count). The van der Waals surface area contributed by atoms with Crippen LogP contribution in [0, 0.1) is 0 Å².